The molecule has 3 nitrogen and oxygen atoms in total. The van der Waals surface area contributed by atoms with Gasteiger partial charge in [0, 0.05) is 18.2 Å². The predicted molar refractivity (Wildman–Crippen MR) is 82.5 cm³/mol. The maximum atomic E-state index is 6.74. The fourth-order valence-corrected chi connectivity index (χ4v) is 4.20. The van der Waals surface area contributed by atoms with Crippen molar-refractivity contribution < 1.29 is 0 Å². The summed E-state index contributed by atoms with van der Waals surface area (Å²) < 4.78 is 2.20. The van der Waals surface area contributed by atoms with Crippen LogP contribution in [0.1, 0.15) is 70.5 Å². The van der Waals surface area contributed by atoms with Gasteiger partial charge in [0.05, 0.1) is 11.7 Å². The summed E-state index contributed by atoms with van der Waals surface area (Å²) >= 11 is 0. The van der Waals surface area contributed by atoms with E-state index in [4.69, 9.17) is 10.8 Å². The first-order valence-corrected chi connectivity index (χ1v) is 8.40. The molecule has 112 valence electrons. The largest absolute Gasteiger partial charge is 0.324 e. The number of nitrogens with two attached hydrogens (primary N) is 1. The third-order valence-corrected chi connectivity index (χ3v) is 5.68. The molecule has 0 aliphatic heterocycles. The molecular weight excluding hydrogens is 246 g/mol. The van der Waals surface area contributed by atoms with Crippen LogP contribution < -0.4 is 5.73 Å². The van der Waals surface area contributed by atoms with Crippen molar-refractivity contribution in [2.45, 2.75) is 76.8 Å². The van der Waals surface area contributed by atoms with Gasteiger partial charge in [0.1, 0.15) is 0 Å². The fraction of sp³-hybridized carbons (Fsp3) is 0.824. The minimum absolute atomic E-state index is 0.0491. The highest BCUT2D eigenvalue weighted by Gasteiger charge is 2.37. The number of hydrogen-bond donors (Lipinski definition) is 1. The topological polar surface area (TPSA) is 43.8 Å². The molecule has 2 N–H and O–H groups in total. The molecule has 0 saturated heterocycles. The Hall–Kier alpha value is -0.830. The van der Waals surface area contributed by atoms with Gasteiger partial charge in [-0.3, -0.25) is 4.68 Å². The lowest BCUT2D eigenvalue weighted by atomic mass is 9.68. The van der Waals surface area contributed by atoms with Crippen LogP contribution in [0.3, 0.4) is 0 Å². The monoisotopic (exact) mass is 275 g/mol. The van der Waals surface area contributed by atoms with E-state index in [1.807, 2.05) is 0 Å². The Morgan fingerprint density at radius 3 is 2.75 bits per heavy atom. The van der Waals surface area contributed by atoms with Gasteiger partial charge in [0.25, 0.3) is 0 Å². The van der Waals surface area contributed by atoms with Crippen molar-refractivity contribution in [3.05, 3.63) is 18.0 Å². The highest BCUT2D eigenvalue weighted by atomic mass is 15.3. The van der Waals surface area contributed by atoms with Gasteiger partial charge in [-0.05, 0) is 43.6 Å². The molecule has 1 aromatic heterocycles. The molecule has 1 aromatic rings. The van der Waals surface area contributed by atoms with E-state index in [1.165, 1.54) is 44.2 Å². The summed E-state index contributed by atoms with van der Waals surface area (Å²) in [5.74, 6) is 1.36. The molecule has 3 rings (SSSR count). The average Bonchev–Trinajstić information content (AvgIpc) is 3.04. The van der Waals surface area contributed by atoms with Crippen molar-refractivity contribution in [2.24, 2.45) is 17.6 Å². The van der Waals surface area contributed by atoms with Crippen molar-refractivity contribution in [1.82, 2.24) is 9.78 Å². The van der Waals surface area contributed by atoms with E-state index in [2.05, 4.69) is 30.8 Å². The molecule has 2 fully saturated rings. The zero-order valence-electron chi connectivity index (χ0n) is 13.0. The molecule has 1 heterocycles. The van der Waals surface area contributed by atoms with Crippen LogP contribution in [0.4, 0.5) is 0 Å². The smallest absolute Gasteiger partial charge is 0.0643 e. The third-order valence-electron chi connectivity index (χ3n) is 5.68. The van der Waals surface area contributed by atoms with Crippen molar-refractivity contribution in [3.8, 4) is 0 Å². The first-order chi connectivity index (χ1) is 9.57. The summed E-state index contributed by atoms with van der Waals surface area (Å²) in [4.78, 5) is 0. The maximum Gasteiger partial charge on any atom is 0.0643 e. The summed E-state index contributed by atoms with van der Waals surface area (Å²) in [5, 5.41) is 4.83. The number of hydrogen-bond acceptors (Lipinski definition) is 2. The van der Waals surface area contributed by atoms with E-state index in [0.29, 0.717) is 12.0 Å². The number of nitrogens with zero attached hydrogens (tertiary/aromatic N) is 2. The molecule has 0 spiro atoms. The molecule has 2 aliphatic carbocycles. The van der Waals surface area contributed by atoms with E-state index >= 15 is 0 Å². The molecule has 0 aromatic carbocycles. The van der Waals surface area contributed by atoms with Crippen molar-refractivity contribution in [1.29, 1.82) is 0 Å². The Morgan fingerprint density at radius 1 is 1.25 bits per heavy atom. The van der Waals surface area contributed by atoms with Gasteiger partial charge in [0.15, 0.2) is 0 Å². The third kappa shape index (κ3) is 2.78. The fourth-order valence-electron chi connectivity index (χ4n) is 4.20. The molecule has 0 bridgehead atoms. The van der Waals surface area contributed by atoms with Gasteiger partial charge < -0.3 is 5.73 Å². The lowest BCUT2D eigenvalue weighted by Gasteiger charge is -2.42. The van der Waals surface area contributed by atoms with Crippen molar-refractivity contribution in [2.75, 3.05) is 0 Å². The molecule has 3 unspecified atom stereocenters. The lowest BCUT2D eigenvalue weighted by Crippen LogP contribution is -2.51. The Balaban J connectivity index is 1.70. The summed E-state index contributed by atoms with van der Waals surface area (Å²) in [5.41, 5.74) is 7.88. The van der Waals surface area contributed by atoms with Crippen LogP contribution in [0.2, 0.25) is 0 Å². The Labute approximate surface area is 122 Å². The number of aromatic nitrogens is 2. The minimum atomic E-state index is -0.0491. The second kappa shape index (κ2) is 5.51. The lowest BCUT2D eigenvalue weighted by molar-refractivity contribution is 0.159. The van der Waals surface area contributed by atoms with Crippen molar-refractivity contribution >= 4 is 0 Å². The van der Waals surface area contributed by atoms with E-state index in [9.17, 15) is 0 Å². The van der Waals surface area contributed by atoms with Crippen LogP contribution in [-0.4, -0.2) is 15.3 Å². The molecular formula is C17H29N3. The van der Waals surface area contributed by atoms with E-state index in [-0.39, 0.29) is 5.54 Å². The van der Waals surface area contributed by atoms with Gasteiger partial charge in [-0.25, -0.2) is 0 Å². The number of rotatable bonds is 3. The molecule has 0 amide bonds. The average molecular weight is 275 g/mol. The van der Waals surface area contributed by atoms with Crippen LogP contribution in [0.15, 0.2) is 12.3 Å². The van der Waals surface area contributed by atoms with Crippen LogP contribution in [-0.2, 0) is 6.42 Å². The predicted octanol–water partition coefficient (Wildman–Crippen LogP) is 3.69. The molecule has 2 saturated carbocycles. The summed E-state index contributed by atoms with van der Waals surface area (Å²) in [6.45, 7) is 4.66. The first-order valence-electron chi connectivity index (χ1n) is 8.40. The highest BCUT2D eigenvalue weighted by Crippen LogP contribution is 2.37. The first kappa shape index (κ1) is 14.1. The standard InChI is InChI=1S/C17H29N3/c1-13-7-8-14(2)17(18,11-13)12-15-9-10-20(19-15)16-5-3-4-6-16/h9-10,13-14,16H,3-8,11-12,18H2,1-2H3. The van der Waals surface area contributed by atoms with Gasteiger partial charge in [-0.1, -0.05) is 33.1 Å². The Bertz CT molecular complexity index is 447. The minimum Gasteiger partial charge on any atom is -0.324 e. The van der Waals surface area contributed by atoms with Gasteiger partial charge in [-0.15, -0.1) is 0 Å². The normalized spacial score (nSPS) is 35.5. The molecule has 3 atom stereocenters. The second-order valence-corrected chi connectivity index (χ2v) is 7.42. The van der Waals surface area contributed by atoms with Gasteiger partial charge in [-0.2, -0.15) is 5.10 Å². The van der Waals surface area contributed by atoms with E-state index in [0.717, 1.165) is 18.8 Å². The summed E-state index contributed by atoms with van der Waals surface area (Å²) in [6.07, 6.45) is 12.2. The highest BCUT2D eigenvalue weighted by molar-refractivity contribution is 5.09. The quantitative estimate of drug-likeness (QED) is 0.914. The SMILES string of the molecule is CC1CCC(C)C(N)(Cc2ccn(C3CCCC3)n2)C1. The van der Waals surface area contributed by atoms with Crippen LogP contribution in [0.25, 0.3) is 0 Å². The molecule has 2 aliphatic rings. The van der Waals surface area contributed by atoms with Crippen LogP contribution in [0, 0.1) is 11.8 Å². The summed E-state index contributed by atoms with van der Waals surface area (Å²) in [7, 11) is 0. The second-order valence-electron chi connectivity index (χ2n) is 7.42. The van der Waals surface area contributed by atoms with Gasteiger partial charge >= 0.3 is 0 Å². The van der Waals surface area contributed by atoms with Crippen LogP contribution in [0.5, 0.6) is 0 Å². The zero-order valence-corrected chi connectivity index (χ0v) is 13.0. The maximum absolute atomic E-state index is 6.74. The molecule has 3 heteroatoms. The zero-order chi connectivity index (χ0) is 14.2. The van der Waals surface area contributed by atoms with Gasteiger partial charge in [0.2, 0.25) is 0 Å². The molecule has 20 heavy (non-hydrogen) atoms. The van der Waals surface area contributed by atoms with Crippen molar-refractivity contribution in [3.63, 3.8) is 0 Å². The Morgan fingerprint density at radius 2 is 2.00 bits per heavy atom. The van der Waals surface area contributed by atoms with Crippen LogP contribution >= 0.6 is 0 Å². The van der Waals surface area contributed by atoms with E-state index in [1.54, 1.807) is 0 Å². The molecule has 0 radical (unpaired) electrons. The Kier molecular flexibility index (Phi) is 3.89. The van der Waals surface area contributed by atoms with E-state index < -0.39 is 0 Å². The summed E-state index contributed by atoms with van der Waals surface area (Å²) in [6, 6.07) is 2.83.